The minimum absolute atomic E-state index is 0.0657. The van der Waals surface area contributed by atoms with Crippen molar-refractivity contribution >= 4 is 5.91 Å². The first-order valence-corrected chi connectivity index (χ1v) is 7.37. The Bertz CT molecular complexity index is 288. The predicted octanol–water partition coefficient (Wildman–Crippen LogP) is 1.32. The molecule has 2 atom stereocenters. The van der Waals surface area contributed by atoms with Crippen molar-refractivity contribution < 1.29 is 9.90 Å². The van der Waals surface area contributed by atoms with Gasteiger partial charge in [0.1, 0.15) is 0 Å². The van der Waals surface area contributed by atoms with Gasteiger partial charge in [-0.05, 0) is 25.7 Å². The molecule has 2 aliphatic carbocycles. The largest absolute Gasteiger partial charge is 0.391 e. The first-order valence-electron chi connectivity index (χ1n) is 7.37. The van der Waals surface area contributed by atoms with Gasteiger partial charge in [0.15, 0.2) is 0 Å². The summed E-state index contributed by atoms with van der Waals surface area (Å²) >= 11 is 0. The lowest BCUT2D eigenvalue weighted by Crippen LogP contribution is -2.51. The number of carbonyl (C=O) groups excluding carboxylic acids is 1. The Morgan fingerprint density at radius 1 is 1.17 bits per heavy atom. The van der Waals surface area contributed by atoms with Gasteiger partial charge >= 0.3 is 0 Å². The van der Waals surface area contributed by atoms with E-state index in [1.165, 1.54) is 0 Å². The van der Waals surface area contributed by atoms with Crippen LogP contribution in [-0.2, 0) is 4.79 Å². The molecule has 0 aromatic carbocycles. The van der Waals surface area contributed by atoms with Crippen LogP contribution in [0.2, 0.25) is 0 Å². The Morgan fingerprint density at radius 2 is 1.83 bits per heavy atom. The van der Waals surface area contributed by atoms with E-state index in [1.54, 1.807) is 0 Å². The standard InChI is InChI=1S/C14H26N2O2/c15-10-14(8-4-5-9-14)13(18)16-11-6-2-1-3-7-12(11)17/h11-12,17H,1-10,15H2,(H,16,18). The van der Waals surface area contributed by atoms with Crippen molar-refractivity contribution in [1.29, 1.82) is 0 Å². The average Bonchev–Trinajstić information content (AvgIpc) is 2.78. The lowest BCUT2D eigenvalue weighted by atomic mass is 9.84. The molecule has 0 heterocycles. The fraction of sp³-hybridized carbons (Fsp3) is 0.929. The van der Waals surface area contributed by atoms with Crippen LogP contribution in [-0.4, -0.2) is 29.7 Å². The fourth-order valence-electron chi connectivity index (χ4n) is 3.35. The summed E-state index contributed by atoms with van der Waals surface area (Å²) in [5.41, 5.74) is 5.46. The number of nitrogens with two attached hydrogens (primary N) is 1. The second-order valence-electron chi connectivity index (χ2n) is 5.98. The third-order valence-corrected chi connectivity index (χ3v) is 4.73. The molecule has 2 aliphatic rings. The highest BCUT2D eigenvalue weighted by Gasteiger charge is 2.41. The minimum Gasteiger partial charge on any atom is -0.391 e. The summed E-state index contributed by atoms with van der Waals surface area (Å²) in [6.45, 7) is 0.432. The number of nitrogens with one attached hydrogen (secondary N) is 1. The molecule has 104 valence electrons. The molecule has 2 rings (SSSR count). The van der Waals surface area contributed by atoms with Gasteiger partial charge in [-0.25, -0.2) is 0 Å². The Hall–Kier alpha value is -0.610. The Balaban J connectivity index is 1.96. The zero-order valence-corrected chi connectivity index (χ0v) is 11.2. The maximum atomic E-state index is 12.4. The number of hydrogen-bond donors (Lipinski definition) is 3. The van der Waals surface area contributed by atoms with Crippen molar-refractivity contribution in [1.82, 2.24) is 5.32 Å². The summed E-state index contributed by atoms with van der Waals surface area (Å²) in [6, 6.07) is -0.0657. The summed E-state index contributed by atoms with van der Waals surface area (Å²) in [7, 11) is 0. The smallest absolute Gasteiger partial charge is 0.227 e. The summed E-state index contributed by atoms with van der Waals surface area (Å²) in [4.78, 5) is 12.4. The summed E-state index contributed by atoms with van der Waals surface area (Å²) in [5, 5.41) is 13.1. The van der Waals surface area contributed by atoms with Crippen molar-refractivity contribution in [2.24, 2.45) is 11.1 Å². The van der Waals surface area contributed by atoms with E-state index in [0.29, 0.717) is 6.54 Å². The van der Waals surface area contributed by atoms with Crippen LogP contribution in [0.25, 0.3) is 0 Å². The zero-order valence-electron chi connectivity index (χ0n) is 11.2. The molecule has 2 fully saturated rings. The highest BCUT2D eigenvalue weighted by Crippen LogP contribution is 2.37. The number of aliphatic hydroxyl groups is 1. The summed E-state index contributed by atoms with van der Waals surface area (Å²) in [6.07, 6.45) is 8.63. The van der Waals surface area contributed by atoms with Gasteiger partial charge in [0.25, 0.3) is 0 Å². The maximum absolute atomic E-state index is 12.4. The molecule has 4 nitrogen and oxygen atoms in total. The van der Waals surface area contributed by atoms with E-state index in [0.717, 1.165) is 57.8 Å². The minimum atomic E-state index is -0.382. The SMILES string of the molecule is NCC1(C(=O)NC2CCCCCC2O)CCCC1. The molecule has 2 saturated carbocycles. The second-order valence-corrected chi connectivity index (χ2v) is 5.98. The van der Waals surface area contributed by atoms with E-state index in [-0.39, 0.29) is 23.5 Å². The van der Waals surface area contributed by atoms with E-state index in [9.17, 15) is 9.90 Å². The molecule has 4 heteroatoms. The van der Waals surface area contributed by atoms with Crippen LogP contribution < -0.4 is 11.1 Å². The Morgan fingerprint density at radius 3 is 2.50 bits per heavy atom. The molecule has 2 unspecified atom stereocenters. The molecule has 1 amide bonds. The normalized spacial score (nSPS) is 31.9. The zero-order chi connectivity index (χ0) is 13.0. The van der Waals surface area contributed by atoms with Gasteiger partial charge in [0, 0.05) is 6.54 Å². The number of aliphatic hydroxyl groups excluding tert-OH is 1. The number of rotatable bonds is 3. The predicted molar refractivity (Wildman–Crippen MR) is 71.0 cm³/mol. The topological polar surface area (TPSA) is 75.4 Å². The third-order valence-electron chi connectivity index (χ3n) is 4.73. The number of amides is 1. The van der Waals surface area contributed by atoms with Gasteiger partial charge in [-0.3, -0.25) is 4.79 Å². The van der Waals surface area contributed by atoms with Crippen LogP contribution in [0, 0.1) is 5.41 Å². The molecule has 0 saturated heterocycles. The van der Waals surface area contributed by atoms with Crippen molar-refractivity contribution in [2.75, 3.05) is 6.54 Å². The average molecular weight is 254 g/mol. The maximum Gasteiger partial charge on any atom is 0.227 e. The van der Waals surface area contributed by atoms with Gasteiger partial charge in [-0.2, -0.15) is 0 Å². The summed E-state index contributed by atoms with van der Waals surface area (Å²) < 4.78 is 0. The lowest BCUT2D eigenvalue weighted by molar-refractivity contribution is -0.132. The summed E-state index contributed by atoms with van der Waals surface area (Å²) in [5.74, 6) is 0.0773. The lowest BCUT2D eigenvalue weighted by Gasteiger charge is -2.30. The fourth-order valence-corrected chi connectivity index (χ4v) is 3.35. The van der Waals surface area contributed by atoms with Gasteiger partial charge < -0.3 is 16.2 Å². The van der Waals surface area contributed by atoms with Crippen LogP contribution in [0.3, 0.4) is 0 Å². The van der Waals surface area contributed by atoms with Crippen molar-refractivity contribution in [3.05, 3.63) is 0 Å². The van der Waals surface area contributed by atoms with E-state index in [2.05, 4.69) is 5.32 Å². The Labute approximate surface area is 109 Å². The third kappa shape index (κ3) is 2.86. The first-order chi connectivity index (χ1) is 8.68. The highest BCUT2D eigenvalue weighted by molar-refractivity contribution is 5.83. The molecule has 0 aromatic heterocycles. The second kappa shape index (κ2) is 6.02. The molecule has 4 N–H and O–H groups in total. The van der Waals surface area contributed by atoms with Gasteiger partial charge in [-0.15, -0.1) is 0 Å². The van der Waals surface area contributed by atoms with Gasteiger partial charge in [-0.1, -0.05) is 32.1 Å². The van der Waals surface area contributed by atoms with E-state index < -0.39 is 0 Å². The van der Waals surface area contributed by atoms with Gasteiger partial charge in [0.05, 0.1) is 17.6 Å². The molecule has 0 radical (unpaired) electrons. The quantitative estimate of drug-likeness (QED) is 0.665. The van der Waals surface area contributed by atoms with Crippen LogP contribution in [0.5, 0.6) is 0 Å². The van der Waals surface area contributed by atoms with E-state index in [4.69, 9.17) is 5.73 Å². The molecular weight excluding hydrogens is 228 g/mol. The monoisotopic (exact) mass is 254 g/mol. The van der Waals surface area contributed by atoms with Crippen molar-refractivity contribution in [3.8, 4) is 0 Å². The number of carbonyl (C=O) groups is 1. The molecular formula is C14H26N2O2. The van der Waals surface area contributed by atoms with Crippen molar-refractivity contribution in [3.63, 3.8) is 0 Å². The van der Waals surface area contributed by atoms with Crippen LogP contribution in [0.4, 0.5) is 0 Å². The number of hydrogen-bond acceptors (Lipinski definition) is 3. The van der Waals surface area contributed by atoms with Crippen LogP contribution >= 0.6 is 0 Å². The molecule has 18 heavy (non-hydrogen) atoms. The molecule has 0 aliphatic heterocycles. The highest BCUT2D eigenvalue weighted by atomic mass is 16.3. The molecule has 0 bridgehead atoms. The van der Waals surface area contributed by atoms with E-state index in [1.807, 2.05) is 0 Å². The van der Waals surface area contributed by atoms with Crippen LogP contribution in [0.1, 0.15) is 57.8 Å². The Kier molecular flexibility index (Phi) is 4.62. The van der Waals surface area contributed by atoms with Gasteiger partial charge in [0.2, 0.25) is 5.91 Å². The van der Waals surface area contributed by atoms with Crippen molar-refractivity contribution in [2.45, 2.75) is 69.9 Å². The molecule has 0 aromatic rings. The van der Waals surface area contributed by atoms with Crippen LogP contribution in [0.15, 0.2) is 0 Å². The van der Waals surface area contributed by atoms with E-state index >= 15 is 0 Å². The molecule has 0 spiro atoms. The first kappa shape index (κ1) is 13.8.